The number of hydrogen-bond donors (Lipinski definition) is 2. The van der Waals surface area contributed by atoms with Gasteiger partial charge in [0, 0.05) is 25.5 Å². The smallest absolute Gasteiger partial charge is 0.225 e. The van der Waals surface area contributed by atoms with Gasteiger partial charge < -0.3 is 10.0 Å². The maximum absolute atomic E-state index is 11.1. The van der Waals surface area contributed by atoms with E-state index in [0.717, 1.165) is 6.26 Å². The molecular formula is C9H14N4O3S. The van der Waals surface area contributed by atoms with Crippen LogP contribution in [-0.2, 0) is 10.0 Å². The van der Waals surface area contributed by atoms with Gasteiger partial charge in [-0.3, -0.25) is 0 Å². The zero-order valence-corrected chi connectivity index (χ0v) is 10.1. The first-order chi connectivity index (χ1) is 7.96. The molecule has 2 N–H and O–H groups in total. The molecule has 0 aliphatic carbocycles. The normalized spacial score (nSPS) is 25.2. The molecule has 0 amide bonds. The van der Waals surface area contributed by atoms with Crippen LogP contribution in [0.5, 0.6) is 0 Å². The fraction of sp³-hybridized carbons (Fsp3) is 0.556. The molecule has 1 saturated heterocycles. The van der Waals surface area contributed by atoms with Gasteiger partial charge in [0.25, 0.3) is 0 Å². The highest BCUT2D eigenvalue weighted by Crippen LogP contribution is 2.16. The molecule has 2 rings (SSSR count). The van der Waals surface area contributed by atoms with Crippen LogP contribution in [0.15, 0.2) is 18.5 Å². The van der Waals surface area contributed by atoms with Crippen molar-refractivity contribution in [3.05, 3.63) is 18.5 Å². The molecule has 0 spiro atoms. The average molecular weight is 258 g/mol. The van der Waals surface area contributed by atoms with E-state index < -0.39 is 22.2 Å². The average Bonchev–Trinajstić information content (AvgIpc) is 2.59. The van der Waals surface area contributed by atoms with Crippen LogP contribution in [0.3, 0.4) is 0 Å². The van der Waals surface area contributed by atoms with Crippen molar-refractivity contribution in [3.63, 3.8) is 0 Å². The van der Waals surface area contributed by atoms with Crippen LogP contribution in [0.2, 0.25) is 0 Å². The Hall–Kier alpha value is -1.25. The number of aliphatic hydroxyl groups is 1. The molecular weight excluding hydrogens is 244 g/mol. The summed E-state index contributed by atoms with van der Waals surface area (Å²) < 4.78 is 24.6. The number of rotatable bonds is 3. The van der Waals surface area contributed by atoms with Gasteiger partial charge in [0.15, 0.2) is 0 Å². The van der Waals surface area contributed by atoms with E-state index in [1.54, 1.807) is 23.4 Å². The van der Waals surface area contributed by atoms with Gasteiger partial charge in [-0.25, -0.2) is 23.1 Å². The molecule has 0 aromatic carbocycles. The van der Waals surface area contributed by atoms with Crippen molar-refractivity contribution >= 4 is 16.0 Å². The molecule has 94 valence electrons. The molecule has 2 heterocycles. The summed E-state index contributed by atoms with van der Waals surface area (Å²) in [6.07, 6.45) is 3.52. The summed E-state index contributed by atoms with van der Waals surface area (Å²) in [7, 11) is -3.32. The van der Waals surface area contributed by atoms with Crippen LogP contribution >= 0.6 is 0 Å². The molecule has 1 aromatic heterocycles. The Morgan fingerprint density at radius 3 is 2.65 bits per heavy atom. The number of anilines is 1. The number of aromatic nitrogens is 2. The van der Waals surface area contributed by atoms with Crippen molar-refractivity contribution in [1.82, 2.24) is 14.7 Å². The van der Waals surface area contributed by atoms with Crippen molar-refractivity contribution in [1.29, 1.82) is 0 Å². The third kappa shape index (κ3) is 3.11. The van der Waals surface area contributed by atoms with E-state index >= 15 is 0 Å². The molecule has 1 aliphatic heterocycles. The molecule has 1 aliphatic rings. The third-order valence-corrected chi connectivity index (χ3v) is 3.22. The lowest BCUT2D eigenvalue weighted by molar-refractivity contribution is 0.174. The van der Waals surface area contributed by atoms with Crippen molar-refractivity contribution in [2.45, 2.75) is 12.1 Å². The lowest BCUT2D eigenvalue weighted by Gasteiger charge is -2.15. The van der Waals surface area contributed by atoms with Crippen molar-refractivity contribution < 1.29 is 13.5 Å². The summed E-state index contributed by atoms with van der Waals surface area (Å²) in [5.74, 6) is 0.490. The SMILES string of the molecule is CS(=O)(=O)N[C@@H]1CN(c2ncccn2)C[C@H]1O. The van der Waals surface area contributed by atoms with Gasteiger partial charge in [0.2, 0.25) is 16.0 Å². The highest BCUT2D eigenvalue weighted by atomic mass is 32.2. The maximum atomic E-state index is 11.1. The standard InChI is InChI=1S/C9H14N4O3S/c1-17(15,16)12-7-5-13(6-8(7)14)9-10-3-2-4-11-9/h2-4,7-8,12,14H,5-6H2,1H3/t7-,8-/m1/s1. The van der Waals surface area contributed by atoms with Crippen molar-refractivity contribution in [3.8, 4) is 0 Å². The van der Waals surface area contributed by atoms with Crippen LogP contribution in [0.25, 0.3) is 0 Å². The molecule has 0 saturated carbocycles. The number of hydrogen-bond acceptors (Lipinski definition) is 6. The number of nitrogens with zero attached hydrogens (tertiary/aromatic N) is 3. The van der Waals surface area contributed by atoms with E-state index in [2.05, 4.69) is 14.7 Å². The minimum atomic E-state index is -3.32. The number of β-amino-alcohol motifs (C(OH)–C–C–N with tert-alkyl or cyclic N) is 1. The highest BCUT2D eigenvalue weighted by Gasteiger charge is 2.34. The van der Waals surface area contributed by atoms with E-state index in [4.69, 9.17) is 0 Å². The summed E-state index contributed by atoms with van der Waals surface area (Å²) in [6, 6.07) is 1.18. The molecule has 0 unspecified atom stereocenters. The van der Waals surface area contributed by atoms with Crippen LogP contribution in [0.1, 0.15) is 0 Å². The predicted molar refractivity (Wildman–Crippen MR) is 62.0 cm³/mol. The number of nitrogens with one attached hydrogen (secondary N) is 1. The van der Waals surface area contributed by atoms with Crippen molar-refractivity contribution in [2.24, 2.45) is 0 Å². The Kier molecular flexibility index (Phi) is 3.27. The number of aliphatic hydroxyl groups excluding tert-OH is 1. The van der Waals surface area contributed by atoms with E-state index in [1.807, 2.05) is 0 Å². The molecule has 17 heavy (non-hydrogen) atoms. The quantitative estimate of drug-likeness (QED) is 0.690. The zero-order chi connectivity index (χ0) is 12.5. The molecule has 0 radical (unpaired) electrons. The third-order valence-electron chi connectivity index (χ3n) is 2.49. The molecule has 8 heteroatoms. The fourth-order valence-electron chi connectivity index (χ4n) is 1.80. The molecule has 0 bridgehead atoms. The first-order valence-corrected chi connectivity index (χ1v) is 7.02. The van der Waals surface area contributed by atoms with Gasteiger partial charge in [0.05, 0.1) is 18.4 Å². The largest absolute Gasteiger partial charge is 0.390 e. The van der Waals surface area contributed by atoms with E-state index in [0.29, 0.717) is 19.0 Å². The van der Waals surface area contributed by atoms with Gasteiger partial charge in [-0.05, 0) is 6.07 Å². The Labute approximate surface area is 99.6 Å². The zero-order valence-electron chi connectivity index (χ0n) is 9.31. The Balaban J connectivity index is 2.07. The van der Waals surface area contributed by atoms with Gasteiger partial charge in [0.1, 0.15) is 0 Å². The minimum absolute atomic E-state index is 0.317. The summed E-state index contributed by atoms with van der Waals surface area (Å²) in [5.41, 5.74) is 0. The van der Waals surface area contributed by atoms with Gasteiger partial charge in [-0.2, -0.15) is 0 Å². The molecule has 7 nitrogen and oxygen atoms in total. The van der Waals surface area contributed by atoms with Crippen LogP contribution < -0.4 is 9.62 Å². The molecule has 1 fully saturated rings. The lowest BCUT2D eigenvalue weighted by atomic mass is 10.2. The highest BCUT2D eigenvalue weighted by molar-refractivity contribution is 7.88. The second-order valence-electron chi connectivity index (χ2n) is 4.02. The minimum Gasteiger partial charge on any atom is -0.390 e. The first kappa shape index (κ1) is 12.2. The van der Waals surface area contributed by atoms with Crippen LogP contribution in [0, 0.1) is 0 Å². The second-order valence-corrected chi connectivity index (χ2v) is 5.80. The monoisotopic (exact) mass is 258 g/mol. The first-order valence-electron chi connectivity index (χ1n) is 5.13. The van der Waals surface area contributed by atoms with Crippen LogP contribution in [0.4, 0.5) is 5.95 Å². The topological polar surface area (TPSA) is 95.4 Å². The van der Waals surface area contributed by atoms with Gasteiger partial charge in [-0.1, -0.05) is 0 Å². The van der Waals surface area contributed by atoms with Gasteiger partial charge in [-0.15, -0.1) is 0 Å². The lowest BCUT2D eigenvalue weighted by Crippen LogP contribution is -2.42. The van der Waals surface area contributed by atoms with Crippen LogP contribution in [-0.4, -0.2) is 55.0 Å². The summed E-state index contributed by atoms with van der Waals surface area (Å²) in [4.78, 5) is 9.85. The van der Waals surface area contributed by atoms with Crippen molar-refractivity contribution in [2.75, 3.05) is 24.2 Å². The van der Waals surface area contributed by atoms with Gasteiger partial charge >= 0.3 is 0 Å². The predicted octanol–water partition coefficient (Wildman–Crippen LogP) is -1.42. The molecule has 1 aromatic rings. The second kappa shape index (κ2) is 4.55. The Morgan fingerprint density at radius 1 is 1.41 bits per heavy atom. The number of sulfonamides is 1. The van der Waals surface area contributed by atoms with E-state index in [-0.39, 0.29) is 0 Å². The summed E-state index contributed by atoms with van der Waals surface area (Å²) >= 11 is 0. The summed E-state index contributed by atoms with van der Waals surface area (Å²) in [6.45, 7) is 0.676. The molecule has 2 atom stereocenters. The summed E-state index contributed by atoms with van der Waals surface area (Å²) in [5, 5.41) is 9.76. The van der Waals surface area contributed by atoms with E-state index in [9.17, 15) is 13.5 Å². The Bertz CT molecular complexity index is 478. The maximum Gasteiger partial charge on any atom is 0.225 e. The fourth-order valence-corrected chi connectivity index (χ4v) is 2.58. The van der Waals surface area contributed by atoms with E-state index in [1.165, 1.54) is 0 Å². The Morgan fingerprint density at radius 2 is 2.06 bits per heavy atom.